The Hall–Kier alpha value is -7.25. The fraction of sp³-hybridized carbons (Fsp3) is 0.250. The summed E-state index contributed by atoms with van der Waals surface area (Å²) in [6.45, 7) is 0.388. The number of nitrogens with zero attached hydrogens (tertiary/aromatic N) is 3. The van der Waals surface area contributed by atoms with Crippen molar-refractivity contribution < 1.29 is 46.6 Å². The molecule has 2 aliphatic heterocycles. The predicted molar refractivity (Wildman–Crippen MR) is 226 cm³/mol. The highest BCUT2D eigenvalue weighted by molar-refractivity contribution is 6.31. The van der Waals surface area contributed by atoms with Gasteiger partial charge in [0.25, 0.3) is 17.4 Å². The fourth-order valence-corrected chi connectivity index (χ4v) is 7.68. The molecule has 4 aromatic carbocycles. The molecule has 64 heavy (non-hydrogen) atoms. The van der Waals surface area contributed by atoms with Gasteiger partial charge in [-0.25, -0.2) is 4.98 Å². The first-order valence-electron chi connectivity index (χ1n) is 20.1. The number of H-pyrrole nitrogens is 2. The van der Waals surface area contributed by atoms with E-state index in [4.69, 9.17) is 21.1 Å². The number of amides is 5. The lowest BCUT2D eigenvalue weighted by Crippen LogP contribution is -2.54. The van der Waals surface area contributed by atoms with E-state index < -0.39 is 52.9 Å². The van der Waals surface area contributed by atoms with Crippen molar-refractivity contribution in [3.63, 3.8) is 0 Å². The molecule has 2 aliphatic rings. The first-order valence-corrected chi connectivity index (χ1v) is 20.4. The second kappa shape index (κ2) is 18.2. The van der Waals surface area contributed by atoms with Crippen LogP contribution in [0.15, 0.2) is 89.7 Å². The van der Waals surface area contributed by atoms with E-state index in [0.29, 0.717) is 50.7 Å². The van der Waals surface area contributed by atoms with Crippen LogP contribution in [0.5, 0.6) is 5.75 Å². The van der Waals surface area contributed by atoms with E-state index in [9.17, 15) is 41.9 Å². The number of rotatable bonds is 16. The molecule has 0 bridgehead atoms. The number of halogens is 4. The largest absolute Gasteiger partial charge is 0.491 e. The molecule has 0 spiro atoms. The van der Waals surface area contributed by atoms with Crippen molar-refractivity contribution in [2.24, 2.45) is 0 Å². The van der Waals surface area contributed by atoms with Gasteiger partial charge in [0.2, 0.25) is 23.7 Å². The van der Waals surface area contributed by atoms with E-state index in [1.807, 2.05) is 12.1 Å². The quantitative estimate of drug-likeness (QED) is 0.0634. The number of aromatic amines is 2. The second-order valence-corrected chi connectivity index (χ2v) is 15.3. The van der Waals surface area contributed by atoms with E-state index in [-0.39, 0.29) is 69.2 Å². The van der Waals surface area contributed by atoms with Gasteiger partial charge in [0.05, 0.1) is 40.0 Å². The number of piperidine rings is 1. The third-order valence-corrected chi connectivity index (χ3v) is 10.9. The van der Waals surface area contributed by atoms with Gasteiger partial charge >= 0.3 is 6.18 Å². The molecule has 5 N–H and O–H groups in total. The van der Waals surface area contributed by atoms with Crippen LogP contribution in [0.2, 0.25) is 5.02 Å². The minimum absolute atomic E-state index is 0.0123. The van der Waals surface area contributed by atoms with Crippen molar-refractivity contribution >= 4 is 57.9 Å². The number of carbonyl (C=O) groups excluding carboxylic acids is 5. The zero-order valence-corrected chi connectivity index (χ0v) is 34.4. The van der Waals surface area contributed by atoms with Gasteiger partial charge in [-0.1, -0.05) is 41.9 Å². The van der Waals surface area contributed by atoms with Gasteiger partial charge < -0.3 is 25.1 Å². The van der Waals surface area contributed by atoms with Crippen LogP contribution in [0.25, 0.3) is 28.2 Å². The lowest BCUT2D eigenvalue weighted by Gasteiger charge is -2.27. The summed E-state index contributed by atoms with van der Waals surface area (Å²) >= 11 is 6.13. The molecule has 2 aromatic heterocycles. The third kappa shape index (κ3) is 9.25. The molecule has 1 fully saturated rings. The molecule has 8 rings (SSSR count). The van der Waals surface area contributed by atoms with Crippen LogP contribution < -0.4 is 26.2 Å². The van der Waals surface area contributed by atoms with Crippen molar-refractivity contribution in [2.75, 3.05) is 38.2 Å². The standard InChI is InChI=1S/C44H38ClF3N8O8/c45-27-11-15-31-33(22-27)52-43(51-31)56-41(61)30(38(54-56)25-7-9-26(10-8-25)44(46,47)48)14-6-24-4-12-28(13-5-24)64-21-20-63-23-36(58)50-19-18-49-32-3-1-2-29-37(32)42(62)55(40(29)60)34-16-17-35(57)53-39(34)59/h1-5,7-13,15,22,34,49,54H,6,14,16-21,23H2,(H,50,58)(H,51,52)(H,53,57,59). The van der Waals surface area contributed by atoms with Gasteiger partial charge in [-0.3, -0.25) is 44.1 Å². The third-order valence-electron chi connectivity index (χ3n) is 10.7. The molecule has 1 atom stereocenters. The van der Waals surface area contributed by atoms with Crippen LogP contribution in [0.4, 0.5) is 18.9 Å². The molecule has 0 radical (unpaired) electrons. The fourth-order valence-electron chi connectivity index (χ4n) is 7.51. The summed E-state index contributed by atoms with van der Waals surface area (Å²) < 4.78 is 52.4. The summed E-state index contributed by atoms with van der Waals surface area (Å²) in [5.41, 5.74) is 2.52. The molecule has 1 unspecified atom stereocenters. The summed E-state index contributed by atoms with van der Waals surface area (Å²) in [5.74, 6) is -2.08. The average Bonchev–Trinajstić information content (AvgIpc) is 3.92. The van der Waals surface area contributed by atoms with E-state index in [1.54, 1.807) is 42.5 Å². The number of aromatic nitrogens is 4. The molecule has 16 nitrogen and oxygen atoms in total. The molecule has 330 valence electrons. The van der Waals surface area contributed by atoms with Gasteiger partial charge in [0.15, 0.2) is 0 Å². The Bertz CT molecular complexity index is 2840. The van der Waals surface area contributed by atoms with Crippen LogP contribution in [0.3, 0.4) is 0 Å². The number of fused-ring (bicyclic) bond motifs is 2. The van der Waals surface area contributed by atoms with Gasteiger partial charge in [-0.15, -0.1) is 0 Å². The van der Waals surface area contributed by atoms with E-state index in [0.717, 1.165) is 22.6 Å². The first-order chi connectivity index (χ1) is 30.7. The maximum absolute atomic E-state index is 13.8. The summed E-state index contributed by atoms with van der Waals surface area (Å²) in [6.07, 6.45) is -3.80. The van der Waals surface area contributed by atoms with Crippen LogP contribution in [0, 0.1) is 0 Å². The number of nitrogens with one attached hydrogen (secondary N) is 5. The molecule has 6 aromatic rings. The maximum atomic E-state index is 13.8. The minimum atomic E-state index is -4.52. The Balaban J connectivity index is 0.796. The average molecular weight is 899 g/mol. The zero-order chi connectivity index (χ0) is 45.1. The molecule has 20 heteroatoms. The molecular weight excluding hydrogens is 861 g/mol. The van der Waals surface area contributed by atoms with E-state index in [2.05, 4.69) is 31.0 Å². The molecule has 4 heterocycles. The SMILES string of the molecule is O=C(COCCOc1ccc(CCc2c(-c3ccc(C(F)(F)F)cc3)[nH]n(-c3nc4ccc(Cl)cc4[nH]3)c2=O)cc1)NCCNc1cccc2c1C(=O)N(C1CCC(=O)NC1=O)C2=O. The number of carbonyl (C=O) groups is 5. The smallest absolute Gasteiger partial charge is 0.416 e. The van der Waals surface area contributed by atoms with Crippen molar-refractivity contribution in [1.29, 1.82) is 0 Å². The highest BCUT2D eigenvalue weighted by Gasteiger charge is 2.45. The highest BCUT2D eigenvalue weighted by Crippen LogP contribution is 2.33. The first kappa shape index (κ1) is 43.4. The van der Waals surface area contributed by atoms with Crippen molar-refractivity contribution in [2.45, 2.75) is 37.9 Å². The number of imidazole rings is 1. The van der Waals surface area contributed by atoms with Crippen LogP contribution in [-0.2, 0) is 38.1 Å². The molecule has 5 amide bonds. The monoisotopic (exact) mass is 898 g/mol. The van der Waals surface area contributed by atoms with Crippen LogP contribution in [-0.4, -0.2) is 93.1 Å². The molecular formula is C44H38ClF3N8O8. The van der Waals surface area contributed by atoms with Crippen molar-refractivity contribution in [3.05, 3.63) is 128 Å². The normalized spacial score (nSPS) is 15.1. The number of alkyl halides is 3. The van der Waals surface area contributed by atoms with Crippen LogP contribution >= 0.6 is 11.6 Å². The lowest BCUT2D eigenvalue weighted by atomic mass is 10.0. The predicted octanol–water partition coefficient (Wildman–Crippen LogP) is 5.19. The summed E-state index contributed by atoms with van der Waals surface area (Å²) in [4.78, 5) is 84.9. The number of imide groups is 2. The summed E-state index contributed by atoms with van der Waals surface area (Å²) in [6, 6.07) is 20.4. The van der Waals surface area contributed by atoms with Gasteiger partial charge in [0, 0.05) is 35.8 Å². The highest BCUT2D eigenvalue weighted by atomic mass is 35.5. The van der Waals surface area contributed by atoms with Crippen LogP contribution in [0.1, 0.15) is 50.2 Å². The Morgan fingerprint density at radius 1 is 0.906 bits per heavy atom. The maximum Gasteiger partial charge on any atom is 0.416 e. The zero-order valence-electron chi connectivity index (χ0n) is 33.6. The Morgan fingerprint density at radius 2 is 1.69 bits per heavy atom. The van der Waals surface area contributed by atoms with Gasteiger partial charge in [0.1, 0.15) is 25.0 Å². The van der Waals surface area contributed by atoms with Crippen molar-refractivity contribution in [3.8, 4) is 23.0 Å². The topological polar surface area (TPSA) is 210 Å². The minimum Gasteiger partial charge on any atom is -0.491 e. The van der Waals surface area contributed by atoms with Crippen molar-refractivity contribution in [1.82, 2.24) is 35.3 Å². The van der Waals surface area contributed by atoms with E-state index >= 15 is 0 Å². The molecule has 0 aliphatic carbocycles. The van der Waals surface area contributed by atoms with Gasteiger partial charge in [-0.05, 0) is 85.0 Å². The number of aryl methyl sites for hydroxylation is 1. The lowest BCUT2D eigenvalue weighted by molar-refractivity contribution is -0.138. The number of hydrogen-bond donors (Lipinski definition) is 5. The number of benzene rings is 4. The molecule has 0 saturated carbocycles. The second-order valence-electron chi connectivity index (χ2n) is 14.9. The van der Waals surface area contributed by atoms with E-state index in [1.165, 1.54) is 22.9 Å². The number of anilines is 1. The Kier molecular flexibility index (Phi) is 12.4. The van der Waals surface area contributed by atoms with Gasteiger partial charge in [-0.2, -0.15) is 17.9 Å². The Morgan fingerprint density at radius 3 is 2.44 bits per heavy atom. The summed E-state index contributed by atoms with van der Waals surface area (Å²) in [7, 11) is 0. The number of ether oxygens (including phenoxy) is 2. The summed E-state index contributed by atoms with van der Waals surface area (Å²) in [5, 5.41) is 11.4. The Labute approximate surface area is 366 Å². The number of hydrogen-bond acceptors (Lipinski definition) is 10. The molecule has 1 saturated heterocycles.